The van der Waals surface area contributed by atoms with E-state index in [1.165, 1.54) is 6.07 Å². The Morgan fingerprint density at radius 1 is 1.16 bits per heavy atom. The summed E-state index contributed by atoms with van der Waals surface area (Å²) in [6.07, 6.45) is 3.79. The second kappa shape index (κ2) is 7.35. The number of carbonyl (C=O) groups is 2. The smallest absolute Gasteiger partial charge is 0.319 e. The summed E-state index contributed by atoms with van der Waals surface area (Å²) in [5.41, 5.74) is 0.347. The number of carboxylic acid groups (broad SMARTS) is 1. The number of rotatable bonds is 3. The molecule has 2 saturated heterocycles. The third-order valence-corrected chi connectivity index (χ3v) is 5.23. The van der Waals surface area contributed by atoms with Crippen molar-refractivity contribution in [3.63, 3.8) is 0 Å². The predicted octanol–water partition coefficient (Wildman–Crippen LogP) is 2.29. The lowest BCUT2D eigenvalue weighted by Crippen LogP contribution is -2.54. The standard InChI is InChI=1S/C19H23FN2O3/c20-16-4-2-1-3-15(16)13-14-5-11-22(12-6-14)17(23)19(18(24)25)7-9-21-10-8-19/h1-4,13,21H,5-12H2,(H,24,25). The van der Waals surface area contributed by atoms with Gasteiger partial charge in [-0.15, -0.1) is 0 Å². The minimum absolute atomic E-state index is 0.256. The fourth-order valence-electron chi connectivity index (χ4n) is 3.63. The van der Waals surface area contributed by atoms with Gasteiger partial charge in [0, 0.05) is 18.7 Å². The van der Waals surface area contributed by atoms with Crippen molar-refractivity contribution in [2.45, 2.75) is 25.7 Å². The van der Waals surface area contributed by atoms with Gasteiger partial charge in [0.2, 0.25) is 5.91 Å². The fourth-order valence-corrected chi connectivity index (χ4v) is 3.63. The maximum atomic E-state index is 13.8. The van der Waals surface area contributed by atoms with Crippen molar-refractivity contribution in [1.29, 1.82) is 0 Å². The summed E-state index contributed by atoms with van der Waals surface area (Å²) < 4.78 is 13.8. The third-order valence-electron chi connectivity index (χ3n) is 5.23. The lowest BCUT2D eigenvalue weighted by molar-refractivity contribution is -0.163. The summed E-state index contributed by atoms with van der Waals surface area (Å²) in [6, 6.07) is 6.61. The first kappa shape index (κ1) is 17.6. The van der Waals surface area contributed by atoms with E-state index in [0.29, 0.717) is 57.4 Å². The lowest BCUT2D eigenvalue weighted by Gasteiger charge is -2.38. The molecule has 2 aliphatic rings. The van der Waals surface area contributed by atoms with Gasteiger partial charge in [-0.1, -0.05) is 29.8 Å². The Morgan fingerprint density at radius 3 is 2.40 bits per heavy atom. The molecule has 5 nitrogen and oxygen atoms in total. The molecule has 0 atom stereocenters. The summed E-state index contributed by atoms with van der Waals surface area (Å²) in [4.78, 5) is 26.3. The van der Waals surface area contributed by atoms with Crippen LogP contribution < -0.4 is 5.32 Å². The topological polar surface area (TPSA) is 69.6 Å². The van der Waals surface area contributed by atoms with Crippen LogP contribution in [0.2, 0.25) is 0 Å². The predicted molar refractivity (Wildman–Crippen MR) is 92.4 cm³/mol. The van der Waals surface area contributed by atoms with Gasteiger partial charge in [-0.25, -0.2) is 4.39 Å². The van der Waals surface area contributed by atoms with Crippen molar-refractivity contribution in [1.82, 2.24) is 10.2 Å². The van der Waals surface area contributed by atoms with Crippen LogP contribution in [-0.2, 0) is 9.59 Å². The van der Waals surface area contributed by atoms with Crippen LogP contribution in [0.15, 0.2) is 29.8 Å². The normalized spacial score (nSPS) is 20.2. The van der Waals surface area contributed by atoms with Crippen molar-refractivity contribution >= 4 is 18.0 Å². The number of amides is 1. The van der Waals surface area contributed by atoms with Crippen molar-refractivity contribution in [3.05, 3.63) is 41.2 Å². The molecule has 0 saturated carbocycles. The van der Waals surface area contributed by atoms with Crippen LogP contribution in [0.25, 0.3) is 6.08 Å². The number of carboxylic acids is 1. The van der Waals surface area contributed by atoms with Gasteiger partial charge in [-0.3, -0.25) is 9.59 Å². The first-order chi connectivity index (χ1) is 12.0. The maximum absolute atomic E-state index is 13.8. The van der Waals surface area contributed by atoms with Crippen LogP contribution in [-0.4, -0.2) is 48.1 Å². The molecule has 2 fully saturated rings. The molecule has 0 unspecified atom stereocenters. The monoisotopic (exact) mass is 346 g/mol. The molecule has 2 aliphatic heterocycles. The molecule has 6 heteroatoms. The number of nitrogens with one attached hydrogen (secondary N) is 1. The van der Waals surface area contributed by atoms with Gasteiger partial charge in [-0.2, -0.15) is 0 Å². The highest BCUT2D eigenvalue weighted by molar-refractivity contribution is 6.02. The van der Waals surface area contributed by atoms with E-state index in [-0.39, 0.29) is 11.7 Å². The van der Waals surface area contributed by atoms with Crippen molar-refractivity contribution in [2.75, 3.05) is 26.2 Å². The number of aliphatic carboxylic acids is 1. The first-order valence-electron chi connectivity index (χ1n) is 8.70. The zero-order valence-corrected chi connectivity index (χ0v) is 14.1. The average molecular weight is 346 g/mol. The lowest BCUT2D eigenvalue weighted by atomic mass is 9.77. The molecule has 0 radical (unpaired) electrons. The van der Waals surface area contributed by atoms with Crippen LogP contribution in [0.1, 0.15) is 31.2 Å². The van der Waals surface area contributed by atoms with E-state index in [2.05, 4.69) is 5.32 Å². The molecule has 1 amide bonds. The molecule has 1 aromatic carbocycles. The zero-order valence-electron chi connectivity index (χ0n) is 14.1. The van der Waals surface area contributed by atoms with Gasteiger partial charge in [-0.05, 0) is 44.8 Å². The van der Waals surface area contributed by atoms with Gasteiger partial charge in [0.05, 0.1) is 0 Å². The molecule has 3 rings (SSSR count). The molecule has 2 N–H and O–H groups in total. The Hall–Kier alpha value is -2.21. The third kappa shape index (κ3) is 3.58. The summed E-state index contributed by atoms with van der Waals surface area (Å²) in [5, 5.41) is 12.8. The van der Waals surface area contributed by atoms with E-state index in [0.717, 1.165) is 5.57 Å². The number of piperidine rings is 2. The SMILES string of the molecule is O=C(O)C1(C(=O)N2CCC(=Cc3ccccc3F)CC2)CCNCC1. The van der Waals surface area contributed by atoms with E-state index in [4.69, 9.17) is 0 Å². The molecular formula is C19H23FN2O3. The van der Waals surface area contributed by atoms with Gasteiger partial charge in [0.15, 0.2) is 0 Å². The summed E-state index contributed by atoms with van der Waals surface area (Å²) in [5.74, 6) is -1.55. The van der Waals surface area contributed by atoms with Crippen LogP contribution >= 0.6 is 0 Å². The Bertz CT molecular complexity index is 686. The van der Waals surface area contributed by atoms with Gasteiger partial charge >= 0.3 is 5.97 Å². The number of nitrogens with zero attached hydrogens (tertiary/aromatic N) is 1. The second-order valence-electron chi connectivity index (χ2n) is 6.75. The number of hydrogen-bond donors (Lipinski definition) is 2. The maximum Gasteiger partial charge on any atom is 0.319 e. The Kier molecular flexibility index (Phi) is 5.18. The molecule has 1 aromatic rings. The molecular weight excluding hydrogens is 323 g/mol. The molecule has 2 heterocycles. The first-order valence-corrected chi connectivity index (χ1v) is 8.70. The van der Waals surface area contributed by atoms with Crippen molar-refractivity contribution < 1.29 is 19.1 Å². The highest BCUT2D eigenvalue weighted by Crippen LogP contribution is 2.33. The van der Waals surface area contributed by atoms with E-state index < -0.39 is 11.4 Å². The highest BCUT2D eigenvalue weighted by atomic mass is 19.1. The van der Waals surface area contributed by atoms with Crippen molar-refractivity contribution in [2.24, 2.45) is 5.41 Å². The zero-order chi connectivity index (χ0) is 17.9. The summed E-state index contributed by atoms with van der Waals surface area (Å²) >= 11 is 0. The molecule has 0 aromatic heterocycles. The Morgan fingerprint density at radius 2 is 1.80 bits per heavy atom. The van der Waals surface area contributed by atoms with Gasteiger partial charge < -0.3 is 15.3 Å². The highest BCUT2D eigenvalue weighted by Gasteiger charge is 2.49. The minimum Gasteiger partial charge on any atom is -0.480 e. The van der Waals surface area contributed by atoms with Crippen LogP contribution in [0, 0.1) is 11.2 Å². The number of carbonyl (C=O) groups excluding carboxylic acids is 1. The van der Waals surface area contributed by atoms with Crippen LogP contribution in [0.4, 0.5) is 4.39 Å². The number of likely N-dealkylation sites (tertiary alicyclic amines) is 1. The molecule has 0 bridgehead atoms. The number of hydrogen-bond acceptors (Lipinski definition) is 3. The second-order valence-corrected chi connectivity index (χ2v) is 6.75. The average Bonchev–Trinajstić information content (AvgIpc) is 2.64. The summed E-state index contributed by atoms with van der Waals surface area (Å²) in [6.45, 7) is 2.07. The number of halogens is 1. The minimum atomic E-state index is -1.29. The molecule has 0 aliphatic carbocycles. The van der Waals surface area contributed by atoms with Gasteiger partial charge in [0.1, 0.15) is 11.2 Å². The Labute approximate surface area is 146 Å². The fraction of sp³-hybridized carbons (Fsp3) is 0.474. The van der Waals surface area contributed by atoms with E-state index in [1.54, 1.807) is 23.1 Å². The van der Waals surface area contributed by atoms with E-state index in [1.807, 2.05) is 6.08 Å². The largest absolute Gasteiger partial charge is 0.480 e. The van der Waals surface area contributed by atoms with Crippen molar-refractivity contribution in [3.8, 4) is 0 Å². The molecule has 25 heavy (non-hydrogen) atoms. The van der Waals surface area contributed by atoms with E-state index >= 15 is 0 Å². The molecule has 134 valence electrons. The van der Waals surface area contributed by atoms with E-state index in [9.17, 15) is 19.1 Å². The summed E-state index contributed by atoms with van der Waals surface area (Å²) in [7, 11) is 0. The van der Waals surface area contributed by atoms with Gasteiger partial charge in [0.25, 0.3) is 0 Å². The number of benzene rings is 1. The quantitative estimate of drug-likeness (QED) is 0.824. The van der Waals surface area contributed by atoms with Crippen LogP contribution in [0.5, 0.6) is 0 Å². The Balaban J connectivity index is 1.68. The van der Waals surface area contributed by atoms with Crippen LogP contribution in [0.3, 0.4) is 0 Å². The molecule has 0 spiro atoms.